The van der Waals surface area contributed by atoms with Gasteiger partial charge in [0, 0.05) is 97.9 Å². The van der Waals surface area contributed by atoms with Crippen molar-refractivity contribution in [3.05, 3.63) is 231 Å². The standard InChI is InChI=1S/C44H48Cl4O8.C44H52O8S4/c45-25-29-13-33-21-34-14-30(26-46)18-38-24-40-20-32(28-48)16-36-22-35-15-31(27-47)19-39(43(35)55-11-7-51-3-4-52-8-12-56-44(36)40)23-37(17-29)41(33)53-9-5-49-1-2-50-6-10-54-42(34)38;53-25-29-13-33-21-34-14-30(26-54)18-38-24-40-20-32(28-56)16-36-22-35-15-31(27-55)19-39(43(35)51-11-7-47-3-4-48-8-12-52-44(36)40)23-37(17-29)41(33)49-9-5-45-1-2-46-6-10-50-42(34)38/h13-20H,1-12,21-28H2;13-20,53-56H,1-12,21-28H2. The maximum Gasteiger partial charge on any atom is 0.126 e. The van der Waals surface area contributed by atoms with Gasteiger partial charge in [-0.05, 0) is 134 Å². The molecule has 0 radical (unpaired) electrons. The summed E-state index contributed by atoms with van der Waals surface area (Å²) >= 11 is 45.7. The van der Waals surface area contributed by atoms with Crippen LogP contribution in [0.2, 0.25) is 0 Å². The van der Waals surface area contributed by atoms with Crippen LogP contribution in [0.25, 0.3) is 0 Å². The van der Waals surface area contributed by atoms with Gasteiger partial charge in [-0.1, -0.05) is 97.1 Å². The molecule has 8 aromatic carbocycles. The van der Waals surface area contributed by atoms with Crippen molar-refractivity contribution in [3.63, 3.8) is 0 Å². The number of thiol groups is 4. The molecule has 2 aliphatic carbocycles. The topological polar surface area (TPSA) is 148 Å². The number of benzene rings is 8. The number of ether oxygens (including phenoxy) is 16. The molecular weight excluding hydrogens is 1580 g/mol. The molecule has 0 saturated heterocycles. The van der Waals surface area contributed by atoms with Crippen LogP contribution in [-0.2, 0) is 136 Å². The summed E-state index contributed by atoms with van der Waals surface area (Å²) < 4.78 is 101. The van der Waals surface area contributed by atoms with Gasteiger partial charge in [-0.15, -0.1) is 46.4 Å². The zero-order valence-corrected chi connectivity index (χ0v) is 70.0. The van der Waals surface area contributed by atoms with Gasteiger partial charge in [-0.25, -0.2) is 0 Å². The van der Waals surface area contributed by atoms with E-state index in [1.807, 2.05) is 0 Å². The number of alkyl halides is 4. The molecule has 0 atom stereocenters. The third-order valence-corrected chi connectivity index (χ3v) is 22.8. The van der Waals surface area contributed by atoms with E-state index in [2.05, 4.69) is 97.1 Å². The molecule has 24 bridgehead atoms. The molecule has 0 fully saturated rings. The zero-order valence-electron chi connectivity index (χ0n) is 63.4. The Morgan fingerprint density at radius 2 is 0.277 bits per heavy atom. The Kier molecular flexibility index (Phi) is 32.8. The molecular formula is C88H100Cl4O16S4. The summed E-state index contributed by atoms with van der Waals surface area (Å²) in [4.78, 5) is 0. The SMILES string of the molecule is ClCc1cc2c3c(c1)Cc1cc(CCl)cc4c1OCCOCCOCCOc1c(cc(CCl)cc1Cc1cc(CCl)cc(c1OCCOCCOCCO3)C2)C4.SCc1cc2c3c(c1)Cc1cc(CS)cc4c1OCCOCCOCCOc1c(cc(CS)cc1Cc1cc(CS)cc(c1OCCOCCOCCO3)C2)C4. The van der Waals surface area contributed by atoms with Crippen molar-refractivity contribution in [2.24, 2.45) is 0 Å². The molecule has 8 aromatic rings. The number of hydrogen-bond acceptors (Lipinski definition) is 20. The average Bonchev–Trinajstić information content (AvgIpc) is 0.802. The van der Waals surface area contributed by atoms with Gasteiger partial charge in [0.05, 0.1) is 106 Å². The molecule has 0 aromatic heterocycles. The van der Waals surface area contributed by atoms with E-state index in [0.29, 0.717) is 256 Å². The van der Waals surface area contributed by atoms with Crippen LogP contribution < -0.4 is 37.9 Å². The van der Waals surface area contributed by atoms with E-state index >= 15 is 0 Å². The second-order valence-corrected chi connectivity index (χ2v) is 30.5. The molecule has 14 rings (SSSR count). The van der Waals surface area contributed by atoms with Crippen LogP contribution in [0.15, 0.2) is 97.1 Å². The fourth-order valence-electron chi connectivity index (χ4n) is 15.4. The third-order valence-electron chi connectivity index (χ3n) is 20.1. The molecule has 600 valence electrons. The number of rotatable bonds is 8. The van der Waals surface area contributed by atoms with Crippen LogP contribution in [0.4, 0.5) is 0 Å². The molecule has 0 spiro atoms. The van der Waals surface area contributed by atoms with Crippen molar-refractivity contribution >= 4 is 96.9 Å². The van der Waals surface area contributed by atoms with Gasteiger partial charge in [0.15, 0.2) is 0 Å². The monoisotopic (exact) mass is 1680 g/mol. The molecule has 112 heavy (non-hydrogen) atoms. The van der Waals surface area contributed by atoms with Gasteiger partial charge in [0.25, 0.3) is 0 Å². The zero-order chi connectivity index (χ0) is 77.4. The second-order valence-electron chi connectivity index (χ2n) is 28.2. The van der Waals surface area contributed by atoms with Gasteiger partial charge in [-0.2, -0.15) is 50.5 Å². The highest BCUT2D eigenvalue weighted by Crippen LogP contribution is 2.45. The maximum absolute atomic E-state index is 6.75. The molecule has 0 saturated carbocycles. The Morgan fingerprint density at radius 1 is 0.170 bits per heavy atom. The molecule has 0 N–H and O–H groups in total. The summed E-state index contributed by atoms with van der Waals surface area (Å²) in [5.41, 5.74) is 24.6. The predicted octanol–water partition coefficient (Wildman–Crippen LogP) is 16.6. The van der Waals surface area contributed by atoms with Gasteiger partial charge in [0.1, 0.15) is 98.9 Å². The molecule has 4 heterocycles. The summed E-state index contributed by atoms with van der Waals surface area (Å²) in [6.45, 7) is 10.0. The molecule has 24 heteroatoms. The van der Waals surface area contributed by atoms with Crippen LogP contribution in [0, 0.1) is 0 Å². The Balaban J connectivity index is 0.000000196. The van der Waals surface area contributed by atoms with E-state index in [-0.39, 0.29) is 0 Å². The minimum Gasteiger partial charge on any atom is -0.491 e. The summed E-state index contributed by atoms with van der Waals surface area (Å²) in [5, 5.41) is 0. The molecule has 6 aliphatic rings. The van der Waals surface area contributed by atoms with Crippen molar-refractivity contribution in [1.82, 2.24) is 0 Å². The van der Waals surface area contributed by atoms with Gasteiger partial charge >= 0.3 is 0 Å². The maximum atomic E-state index is 6.75. The Morgan fingerprint density at radius 3 is 0.384 bits per heavy atom. The normalized spacial score (nSPS) is 17.1. The molecule has 16 nitrogen and oxygen atoms in total. The second kappa shape index (κ2) is 43.6. The van der Waals surface area contributed by atoms with E-state index in [1.165, 1.54) is 0 Å². The quantitative estimate of drug-likeness (QED) is 0.0844. The summed E-state index contributed by atoms with van der Waals surface area (Å²) in [6, 6.07) is 34.8. The Bertz CT molecular complexity index is 3650. The molecule has 0 amide bonds. The van der Waals surface area contributed by atoms with Gasteiger partial charge in [-0.3, -0.25) is 0 Å². The average molecular weight is 1680 g/mol. The van der Waals surface area contributed by atoms with Gasteiger partial charge in [0.2, 0.25) is 0 Å². The first-order valence-corrected chi connectivity index (χ1v) is 43.3. The van der Waals surface area contributed by atoms with Crippen LogP contribution in [-0.4, -0.2) is 159 Å². The van der Waals surface area contributed by atoms with E-state index in [0.717, 1.165) is 180 Å². The lowest BCUT2D eigenvalue weighted by Crippen LogP contribution is -2.15. The first-order chi connectivity index (χ1) is 55.1. The van der Waals surface area contributed by atoms with Crippen LogP contribution in [0.5, 0.6) is 46.0 Å². The highest BCUT2D eigenvalue weighted by molar-refractivity contribution is 7.79. The van der Waals surface area contributed by atoms with Crippen molar-refractivity contribution in [1.29, 1.82) is 0 Å². The minimum absolute atomic E-state index is 0.328. The molecule has 0 unspecified atom stereocenters. The van der Waals surface area contributed by atoms with E-state index in [9.17, 15) is 0 Å². The fourth-order valence-corrected chi connectivity index (χ4v) is 16.8. The Labute approximate surface area is 700 Å². The van der Waals surface area contributed by atoms with Crippen molar-refractivity contribution in [3.8, 4) is 46.0 Å². The van der Waals surface area contributed by atoms with Crippen LogP contribution in [0.1, 0.15) is 134 Å². The summed E-state index contributed by atoms with van der Waals surface area (Å²) in [6.07, 6.45) is 4.27. The smallest absolute Gasteiger partial charge is 0.126 e. The largest absolute Gasteiger partial charge is 0.491 e. The van der Waals surface area contributed by atoms with E-state index in [4.69, 9.17) is 173 Å². The first kappa shape index (κ1) is 84.3. The van der Waals surface area contributed by atoms with Crippen LogP contribution in [0.3, 0.4) is 0 Å². The highest BCUT2D eigenvalue weighted by atomic mass is 35.5. The van der Waals surface area contributed by atoms with E-state index < -0.39 is 0 Å². The molecule has 4 aliphatic heterocycles. The highest BCUT2D eigenvalue weighted by Gasteiger charge is 2.29. The lowest BCUT2D eigenvalue weighted by atomic mass is 9.88. The van der Waals surface area contributed by atoms with Crippen LogP contribution >= 0.6 is 96.9 Å². The fraction of sp³-hybridized carbons (Fsp3) is 0.455. The third kappa shape index (κ3) is 22.6. The summed E-state index contributed by atoms with van der Waals surface area (Å²) in [5.74, 6) is 10.1. The van der Waals surface area contributed by atoms with Crippen molar-refractivity contribution in [2.45, 2.75) is 97.9 Å². The predicted molar refractivity (Wildman–Crippen MR) is 453 cm³/mol. The number of halogens is 4. The van der Waals surface area contributed by atoms with E-state index in [1.54, 1.807) is 0 Å². The lowest BCUT2D eigenvalue weighted by molar-refractivity contribution is 0.0270. The minimum atomic E-state index is 0.328. The number of hydrogen-bond donors (Lipinski definition) is 4. The van der Waals surface area contributed by atoms with Crippen molar-refractivity contribution < 1.29 is 75.8 Å². The Hall–Kier alpha value is -5.60. The summed E-state index contributed by atoms with van der Waals surface area (Å²) in [7, 11) is 0. The van der Waals surface area contributed by atoms with Gasteiger partial charge < -0.3 is 75.8 Å². The van der Waals surface area contributed by atoms with Crippen molar-refractivity contribution in [2.75, 3.05) is 159 Å². The first-order valence-electron chi connectivity index (χ1n) is 38.6. The lowest BCUT2D eigenvalue weighted by Gasteiger charge is -2.24.